The Morgan fingerprint density at radius 2 is 1.47 bits per heavy atom. The number of carbonyl (C=O) groups is 2. The molecule has 0 bridgehead atoms. The third-order valence-electron chi connectivity index (χ3n) is 9.53. The Labute approximate surface area is 193 Å². The highest BCUT2D eigenvalue weighted by atomic mass is 16.2. The van der Waals surface area contributed by atoms with Crippen molar-refractivity contribution < 1.29 is 9.59 Å². The van der Waals surface area contributed by atoms with Gasteiger partial charge in [-0.15, -0.1) is 0 Å². The minimum absolute atomic E-state index is 0.194. The molecule has 2 amide bonds. The lowest BCUT2D eigenvalue weighted by Gasteiger charge is -2.39. The Morgan fingerprint density at radius 1 is 0.719 bits per heavy atom. The maximum atomic E-state index is 12.9. The molecular weight excluding hydrogens is 400 g/mol. The van der Waals surface area contributed by atoms with E-state index in [0.29, 0.717) is 29.7 Å². The highest BCUT2D eigenvalue weighted by molar-refractivity contribution is 5.82. The summed E-state index contributed by atoms with van der Waals surface area (Å²) in [5, 5.41) is 13.6. The highest BCUT2D eigenvalue weighted by Gasteiger charge is 2.49. The highest BCUT2D eigenvalue weighted by Crippen LogP contribution is 2.50. The average molecular weight is 445 g/mol. The van der Waals surface area contributed by atoms with Gasteiger partial charge < -0.3 is 21.3 Å². The molecule has 6 heteroatoms. The van der Waals surface area contributed by atoms with Gasteiger partial charge in [-0.3, -0.25) is 9.59 Å². The molecule has 3 saturated carbocycles. The molecule has 0 spiro atoms. The molecule has 0 aromatic carbocycles. The van der Waals surface area contributed by atoms with Crippen molar-refractivity contribution in [3.8, 4) is 0 Å². The zero-order valence-electron chi connectivity index (χ0n) is 19.7. The van der Waals surface area contributed by atoms with Crippen molar-refractivity contribution in [1.82, 2.24) is 21.3 Å². The predicted octanol–water partition coefficient (Wildman–Crippen LogP) is 2.44. The van der Waals surface area contributed by atoms with Gasteiger partial charge in [0.1, 0.15) is 0 Å². The van der Waals surface area contributed by atoms with E-state index in [1.54, 1.807) is 0 Å². The number of nitrogens with one attached hydrogen (secondary N) is 4. The van der Waals surface area contributed by atoms with E-state index < -0.39 is 0 Å². The summed E-state index contributed by atoms with van der Waals surface area (Å²) in [6.07, 6.45) is 12.6. The molecule has 6 nitrogen and oxygen atoms in total. The lowest BCUT2D eigenvalue weighted by molar-refractivity contribution is -0.127. The fraction of sp³-hybridized carbons (Fsp3) is 0.923. The molecule has 5 atom stereocenters. The fourth-order valence-electron chi connectivity index (χ4n) is 7.28. The maximum absolute atomic E-state index is 12.9. The number of amides is 2. The Kier molecular flexibility index (Phi) is 7.37. The lowest BCUT2D eigenvalue weighted by Crippen LogP contribution is -2.46. The van der Waals surface area contributed by atoms with Crippen LogP contribution in [0.2, 0.25) is 0 Å². The van der Waals surface area contributed by atoms with Gasteiger partial charge in [0.15, 0.2) is 0 Å². The molecule has 4 N–H and O–H groups in total. The molecule has 0 radical (unpaired) electrons. The Balaban J connectivity index is 0.998. The van der Waals surface area contributed by atoms with Crippen LogP contribution in [-0.2, 0) is 9.59 Å². The molecule has 0 aromatic rings. The van der Waals surface area contributed by atoms with Crippen LogP contribution in [0.1, 0.15) is 70.6 Å². The van der Waals surface area contributed by atoms with Crippen molar-refractivity contribution in [3.63, 3.8) is 0 Å². The number of carbonyl (C=O) groups excluding carboxylic acids is 2. The van der Waals surface area contributed by atoms with Crippen molar-refractivity contribution in [2.45, 2.75) is 76.7 Å². The van der Waals surface area contributed by atoms with E-state index >= 15 is 0 Å². The monoisotopic (exact) mass is 444 g/mol. The van der Waals surface area contributed by atoms with Crippen molar-refractivity contribution in [2.75, 3.05) is 32.7 Å². The third-order valence-corrected chi connectivity index (χ3v) is 9.53. The van der Waals surface area contributed by atoms with Gasteiger partial charge >= 0.3 is 0 Å². The number of hydrogen-bond acceptors (Lipinski definition) is 4. The van der Waals surface area contributed by atoms with Crippen molar-refractivity contribution >= 4 is 11.8 Å². The van der Waals surface area contributed by atoms with Crippen molar-refractivity contribution in [3.05, 3.63) is 0 Å². The normalized spacial score (nSPS) is 40.2. The van der Waals surface area contributed by atoms with E-state index in [-0.39, 0.29) is 17.7 Å². The summed E-state index contributed by atoms with van der Waals surface area (Å²) in [6.45, 7) is 5.34. The SMILES string of the molecule is O=C(NCC1CCNCC1)C1CCC(C2CC2C(=O)NC2CCC3CNCCC3C2)CC1. The standard InChI is InChI=1S/C26H44N4O2/c31-25(29-15-17-7-10-27-11-8-17)19-3-1-18(2-4-19)23-14-24(23)26(32)30-22-6-5-21-16-28-12-9-20(21)13-22/h17-24,27-28H,1-16H2,(H,29,31)(H,30,32). The van der Waals surface area contributed by atoms with Gasteiger partial charge in [-0.2, -0.15) is 0 Å². The summed E-state index contributed by atoms with van der Waals surface area (Å²) >= 11 is 0. The molecule has 5 aliphatic rings. The molecule has 2 saturated heterocycles. The maximum Gasteiger partial charge on any atom is 0.223 e. The van der Waals surface area contributed by atoms with E-state index in [2.05, 4.69) is 21.3 Å². The van der Waals surface area contributed by atoms with E-state index in [4.69, 9.17) is 0 Å². The molecule has 180 valence electrons. The number of piperidine rings is 2. The van der Waals surface area contributed by atoms with Crippen LogP contribution in [0, 0.1) is 41.4 Å². The van der Waals surface area contributed by atoms with Crippen LogP contribution in [0.5, 0.6) is 0 Å². The molecule has 2 heterocycles. The van der Waals surface area contributed by atoms with Crippen molar-refractivity contribution in [2.24, 2.45) is 41.4 Å². The second-order valence-electron chi connectivity index (χ2n) is 11.6. The summed E-state index contributed by atoms with van der Waals surface area (Å²) < 4.78 is 0. The zero-order valence-corrected chi connectivity index (χ0v) is 19.7. The summed E-state index contributed by atoms with van der Waals surface area (Å²) in [6, 6.07) is 0.405. The predicted molar refractivity (Wildman–Crippen MR) is 126 cm³/mol. The Bertz CT molecular complexity index is 656. The first kappa shape index (κ1) is 22.6. The molecular formula is C26H44N4O2. The zero-order chi connectivity index (χ0) is 21.9. The quantitative estimate of drug-likeness (QED) is 0.507. The lowest BCUT2D eigenvalue weighted by atomic mass is 9.73. The smallest absolute Gasteiger partial charge is 0.223 e. The van der Waals surface area contributed by atoms with Gasteiger partial charge in [0.25, 0.3) is 0 Å². The summed E-state index contributed by atoms with van der Waals surface area (Å²) in [5.74, 6) is 4.56. The number of fused-ring (bicyclic) bond motifs is 1. The van der Waals surface area contributed by atoms with E-state index in [1.165, 1.54) is 38.6 Å². The first-order valence-corrected chi connectivity index (χ1v) is 13.7. The van der Waals surface area contributed by atoms with E-state index in [9.17, 15) is 9.59 Å². The minimum atomic E-state index is 0.194. The fourth-order valence-corrected chi connectivity index (χ4v) is 7.28. The minimum Gasteiger partial charge on any atom is -0.356 e. The molecule has 5 unspecified atom stereocenters. The number of rotatable bonds is 6. The average Bonchev–Trinajstić information content (AvgIpc) is 3.64. The molecule has 5 fully saturated rings. The van der Waals surface area contributed by atoms with Gasteiger partial charge in [-0.25, -0.2) is 0 Å². The van der Waals surface area contributed by atoms with Crippen LogP contribution in [-0.4, -0.2) is 50.6 Å². The summed E-state index contributed by atoms with van der Waals surface area (Å²) in [4.78, 5) is 25.5. The third kappa shape index (κ3) is 5.49. The van der Waals surface area contributed by atoms with Crippen LogP contribution >= 0.6 is 0 Å². The van der Waals surface area contributed by atoms with Crippen LogP contribution in [0.4, 0.5) is 0 Å². The Morgan fingerprint density at radius 3 is 2.28 bits per heavy atom. The van der Waals surface area contributed by atoms with Gasteiger partial charge in [-0.05, 0) is 126 Å². The van der Waals surface area contributed by atoms with Crippen LogP contribution in [0.3, 0.4) is 0 Å². The largest absolute Gasteiger partial charge is 0.356 e. The molecule has 5 rings (SSSR count). The first-order chi connectivity index (χ1) is 15.7. The molecule has 0 aromatic heterocycles. The topological polar surface area (TPSA) is 82.3 Å². The van der Waals surface area contributed by atoms with Crippen LogP contribution in [0.25, 0.3) is 0 Å². The van der Waals surface area contributed by atoms with Gasteiger partial charge in [0.05, 0.1) is 0 Å². The van der Waals surface area contributed by atoms with E-state index in [1.807, 2.05) is 0 Å². The summed E-state index contributed by atoms with van der Waals surface area (Å²) in [7, 11) is 0. The Hall–Kier alpha value is -1.14. The van der Waals surface area contributed by atoms with Gasteiger partial charge in [0.2, 0.25) is 11.8 Å². The molecule has 3 aliphatic carbocycles. The van der Waals surface area contributed by atoms with E-state index in [0.717, 1.165) is 76.5 Å². The molecule has 32 heavy (non-hydrogen) atoms. The van der Waals surface area contributed by atoms with Crippen LogP contribution < -0.4 is 21.3 Å². The van der Waals surface area contributed by atoms with Gasteiger partial charge in [0, 0.05) is 24.4 Å². The van der Waals surface area contributed by atoms with Crippen LogP contribution in [0.15, 0.2) is 0 Å². The second kappa shape index (κ2) is 10.4. The number of hydrogen-bond donors (Lipinski definition) is 4. The first-order valence-electron chi connectivity index (χ1n) is 13.7. The van der Waals surface area contributed by atoms with Crippen molar-refractivity contribution in [1.29, 1.82) is 0 Å². The molecule has 2 aliphatic heterocycles. The second-order valence-corrected chi connectivity index (χ2v) is 11.6. The van der Waals surface area contributed by atoms with Gasteiger partial charge in [-0.1, -0.05) is 0 Å². The summed E-state index contributed by atoms with van der Waals surface area (Å²) in [5.41, 5.74) is 0.